The van der Waals surface area contributed by atoms with E-state index in [0.29, 0.717) is 24.5 Å². The molecule has 0 atom stereocenters. The Morgan fingerprint density at radius 1 is 0.895 bits per heavy atom. The number of aromatic nitrogens is 3. The lowest BCUT2D eigenvalue weighted by Crippen LogP contribution is -2.49. The van der Waals surface area contributed by atoms with Gasteiger partial charge in [0.05, 0.1) is 5.39 Å². The maximum atomic E-state index is 6.50. The van der Waals surface area contributed by atoms with Crippen molar-refractivity contribution in [1.29, 1.82) is 0 Å². The number of ether oxygens (including phenoxy) is 1. The number of fused-ring (bicyclic) bond motifs is 1. The van der Waals surface area contributed by atoms with E-state index in [1.807, 2.05) is 24.3 Å². The number of nitrogens with two attached hydrogens (primary N) is 1. The summed E-state index contributed by atoms with van der Waals surface area (Å²) in [7, 11) is 2.23. The molecule has 1 aliphatic carbocycles. The minimum absolute atomic E-state index is 0.418. The first-order valence-electron chi connectivity index (χ1n) is 13.9. The van der Waals surface area contributed by atoms with Gasteiger partial charge in [-0.25, -0.2) is 9.97 Å². The summed E-state index contributed by atoms with van der Waals surface area (Å²) >= 11 is 0. The molecule has 0 radical (unpaired) electrons. The van der Waals surface area contributed by atoms with E-state index in [9.17, 15) is 0 Å². The smallest absolute Gasteiger partial charge is 0.146 e. The van der Waals surface area contributed by atoms with Crippen LogP contribution in [0.15, 0.2) is 60.9 Å². The van der Waals surface area contributed by atoms with E-state index in [2.05, 4.69) is 63.7 Å². The van der Waals surface area contributed by atoms with Gasteiger partial charge in [0, 0.05) is 49.5 Å². The summed E-state index contributed by atoms with van der Waals surface area (Å²) in [5.74, 6) is 1.38. The molecule has 1 aliphatic heterocycles. The second kappa shape index (κ2) is 10.8. The fourth-order valence-electron chi connectivity index (χ4n) is 6.42. The third kappa shape index (κ3) is 4.88. The molecule has 0 bridgehead atoms. The molecule has 2 N–H and O–H groups in total. The third-order valence-corrected chi connectivity index (χ3v) is 8.51. The molecule has 1 saturated heterocycles. The highest BCUT2D eigenvalue weighted by Crippen LogP contribution is 2.42. The maximum Gasteiger partial charge on any atom is 0.146 e. The Morgan fingerprint density at radius 3 is 2.39 bits per heavy atom. The van der Waals surface area contributed by atoms with Crippen molar-refractivity contribution in [2.75, 3.05) is 39.0 Å². The van der Waals surface area contributed by atoms with E-state index in [1.165, 1.54) is 44.7 Å². The Morgan fingerprint density at radius 2 is 1.63 bits per heavy atom. The number of benzene rings is 2. The Bertz CT molecular complexity index is 1380. The van der Waals surface area contributed by atoms with Crippen LogP contribution in [0.2, 0.25) is 0 Å². The van der Waals surface area contributed by atoms with Crippen molar-refractivity contribution >= 4 is 16.9 Å². The lowest BCUT2D eigenvalue weighted by molar-refractivity contribution is 0.0826. The van der Waals surface area contributed by atoms with Crippen LogP contribution in [0.25, 0.3) is 22.2 Å². The highest BCUT2D eigenvalue weighted by molar-refractivity contribution is 6.02. The van der Waals surface area contributed by atoms with Gasteiger partial charge in [0.15, 0.2) is 0 Å². The van der Waals surface area contributed by atoms with E-state index in [4.69, 9.17) is 15.5 Å². The van der Waals surface area contributed by atoms with Gasteiger partial charge in [-0.15, -0.1) is 0 Å². The second-order valence-electron chi connectivity index (χ2n) is 10.9. The van der Waals surface area contributed by atoms with Crippen molar-refractivity contribution in [2.24, 2.45) is 0 Å². The summed E-state index contributed by atoms with van der Waals surface area (Å²) in [5, 5.41) is 0.950. The summed E-state index contributed by atoms with van der Waals surface area (Å²) in [5.41, 5.74) is 12.0. The fourth-order valence-corrected chi connectivity index (χ4v) is 6.42. The molecule has 38 heavy (non-hydrogen) atoms. The predicted molar refractivity (Wildman–Crippen MR) is 153 cm³/mol. The van der Waals surface area contributed by atoms with Gasteiger partial charge in [0.2, 0.25) is 0 Å². The predicted octanol–water partition coefficient (Wildman–Crippen LogP) is 5.30. The Kier molecular flexibility index (Phi) is 7.04. The molecule has 1 saturated carbocycles. The highest BCUT2D eigenvalue weighted by Gasteiger charge is 2.31. The zero-order valence-corrected chi connectivity index (χ0v) is 22.5. The number of nitrogen functional groups attached to an aromatic ring is 1. The SMILES string of the molecule is Cc1c(-c2cccc(OCc3ccccc3)c2)c2c(N)ncnc2n1C1CCC(N2CCN(C)CC2)CC1. The van der Waals surface area contributed by atoms with Crippen LogP contribution in [-0.4, -0.2) is 63.6 Å². The van der Waals surface area contributed by atoms with Gasteiger partial charge in [-0.3, -0.25) is 4.90 Å². The summed E-state index contributed by atoms with van der Waals surface area (Å²) in [6, 6.07) is 19.7. The number of anilines is 1. The van der Waals surface area contributed by atoms with Gasteiger partial charge in [-0.1, -0.05) is 42.5 Å². The van der Waals surface area contributed by atoms with E-state index in [0.717, 1.165) is 46.3 Å². The van der Waals surface area contributed by atoms with Crippen molar-refractivity contribution < 1.29 is 4.74 Å². The lowest BCUT2D eigenvalue weighted by Gasteiger charge is -2.41. The molecule has 4 aromatic rings. The zero-order chi connectivity index (χ0) is 26.1. The van der Waals surface area contributed by atoms with E-state index >= 15 is 0 Å². The molecule has 7 heteroatoms. The first-order chi connectivity index (χ1) is 18.6. The quantitative estimate of drug-likeness (QED) is 0.380. The van der Waals surface area contributed by atoms with Crippen molar-refractivity contribution in [1.82, 2.24) is 24.3 Å². The van der Waals surface area contributed by atoms with Crippen molar-refractivity contribution in [3.8, 4) is 16.9 Å². The van der Waals surface area contributed by atoms with E-state index < -0.39 is 0 Å². The monoisotopic (exact) mass is 510 g/mol. The molecular formula is C31H38N6O. The highest BCUT2D eigenvalue weighted by atomic mass is 16.5. The van der Waals surface area contributed by atoms with E-state index in [1.54, 1.807) is 6.33 Å². The topological polar surface area (TPSA) is 72.4 Å². The number of nitrogens with zero attached hydrogens (tertiary/aromatic N) is 5. The van der Waals surface area contributed by atoms with Crippen LogP contribution >= 0.6 is 0 Å². The normalized spacial score (nSPS) is 21.1. The molecule has 2 aromatic carbocycles. The van der Waals surface area contributed by atoms with Crippen LogP contribution in [0, 0.1) is 6.92 Å². The first-order valence-corrected chi connectivity index (χ1v) is 13.9. The van der Waals surface area contributed by atoms with Gasteiger partial charge in [0.25, 0.3) is 0 Å². The summed E-state index contributed by atoms with van der Waals surface area (Å²) in [6.45, 7) is 7.47. The van der Waals surface area contributed by atoms with Crippen LogP contribution < -0.4 is 10.5 Å². The lowest BCUT2D eigenvalue weighted by atomic mass is 9.89. The van der Waals surface area contributed by atoms with E-state index in [-0.39, 0.29) is 0 Å². The summed E-state index contributed by atoms with van der Waals surface area (Å²) in [6.07, 6.45) is 6.38. The summed E-state index contributed by atoms with van der Waals surface area (Å²) < 4.78 is 8.60. The van der Waals surface area contributed by atoms with Crippen LogP contribution in [-0.2, 0) is 6.61 Å². The fraction of sp³-hybridized carbons (Fsp3) is 0.419. The van der Waals surface area contributed by atoms with Gasteiger partial charge in [0.1, 0.15) is 30.1 Å². The number of hydrogen-bond acceptors (Lipinski definition) is 6. The maximum absolute atomic E-state index is 6.50. The average Bonchev–Trinajstić information content (AvgIpc) is 3.26. The standard InChI is InChI=1S/C31H38N6O/c1-22-28(24-9-6-10-27(19-24)38-20-23-7-4-3-5-8-23)29-30(32)33-21-34-31(29)37(22)26-13-11-25(12-14-26)36-17-15-35(2)16-18-36/h3-10,19,21,25-26H,11-18,20H2,1-2H3,(H2,32,33,34). The zero-order valence-electron chi connectivity index (χ0n) is 22.5. The third-order valence-electron chi connectivity index (χ3n) is 8.51. The van der Waals surface area contributed by atoms with Gasteiger partial charge in [-0.2, -0.15) is 0 Å². The molecule has 7 nitrogen and oxygen atoms in total. The van der Waals surface area contributed by atoms with Crippen LogP contribution in [0.4, 0.5) is 5.82 Å². The number of hydrogen-bond donors (Lipinski definition) is 1. The molecule has 3 heterocycles. The number of piperazine rings is 1. The molecule has 2 aromatic heterocycles. The molecule has 0 spiro atoms. The molecule has 0 amide bonds. The van der Waals surface area contributed by atoms with Crippen molar-refractivity contribution in [3.05, 3.63) is 72.2 Å². The Balaban J connectivity index is 1.28. The van der Waals surface area contributed by atoms with Crippen LogP contribution in [0.5, 0.6) is 5.75 Å². The van der Waals surface area contributed by atoms with Crippen LogP contribution in [0.3, 0.4) is 0 Å². The average molecular weight is 511 g/mol. The second-order valence-corrected chi connectivity index (χ2v) is 10.9. The largest absolute Gasteiger partial charge is 0.489 e. The first kappa shape index (κ1) is 24.9. The molecule has 0 unspecified atom stereocenters. The minimum atomic E-state index is 0.418. The van der Waals surface area contributed by atoms with Crippen molar-refractivity contribution in [2.45, 2.75) is 51.3 Å². The molecule has 2 fully saturated rings. The Labute approximate surface area is 225 Å². The molecule has 198 valence electrons. The van der Waals surface area contributed by atoms with Gasteiger partial charge >= 0.3 is 0 Å². The van der Waals surface area contributed by atoms with Crippen molar-refractivity contribution in [3.63, 3.8) is 0 Å². The Hall–Kier alpha value is -3.42. The minimum Gasteiger partial charge on any atom is -0.489 e. The molecule has 6 rings (SSSR count). The molecular weight excluding hydrogens is 472 g/mol. The van der Waals surface area contributed by atoms with Gasteiger partial charge < -0.3 is 19.9 Å². The number of likely N-dealkylation sites (N-methyl/N-ethyl adjacent to an activating group) is 1. The van der Waals surface area contributed by atoms with Crippen LogP contribution in [0.1, 0.15) is 43.0 Å². The summed E-state index contributed by atoms with van der Waals surface area (Å²) in [4.78, 5) is 14.3. The molecule has 2 aliphatic rings. The number of rotatable bonds is 6. The van der Waals surface area contributed by atoms with Gasteiger partial charge in [-0.05, 0) is 62.9 Å².